The van der Waals surface area contributed by atoms with Gasteiger partial charge in [-0.2, -0.15) is 0 Å². The fourth-order valence-corrected chi connectivity index (χ4v) is 13.9. The third kappa shape index (κ3) is 71.5. The molecule has 99 heavy (non-hydrogen) atoms. The molecule has 0 aromatic heterocycles. The molecule has 0 fully saturated rings. The molecule has 0 saturated carbocycles. The van der Waals surface area contributed by atoms with Gasteiger partial charge in [0.05, 0.1) is 26.4 Å². The SMILES string of the molecule is CCCCCCCCCCCCCCCCCCCC(=O)OC[C@H](COP(=O)(O)OC[C@@H](O)COP(=O)(O)OC[C@@H](COC(=O)CCCCCCCCCCCC)OC(=O)CCCCCCCCC(C)CC)OC(=O)CCCCCCCCCCCCCCCCCCCCC(C)CC. The van der Waals surface area contributed by atoms with Crippen molar-refractivity contribution in [3.63, 3.8) is 0 Å². The first-order valence-electron chi connectivity index (χ1n) is 41.6. The average Bonchev–Trinajstić information content (AvgIpc) is 0.962. The topological polar surface area (TPSA) is 237 Å². The van der Waals surface area contributed by atoms with Gasteiger partial charge in [0, 0.05) is 25.7 Å². The van der Waals surface area contributed by atoms with E-state index in [9.17, 15) is 43.2 Å². The Kier molecular flexibility index (Phi) is 70.3. The van der Waals surface area contributed by atoms with Gasteiger partial charge in [0.1, 0.15) is 19.3 Å². The van der Waals surface area contributed by atoms with Crippen molar-refractivity contribution >= 4 is 39.5 Å². The molecule has 4 unspecified atom stereocenters. The summed E-state index contributed by atoms with van der Waals surface area (Å²) in [6.45, 7) is 9.63. The average molecular weight is 1450 g/mol. The summed E-state index contributed by atoms with van der Waals surface area (Å²) < 4.78 is 68.6. The van der Waals surface area contributed by atoms with Crippen molar-refractivity contribution in [1.82, 2.24) is 0 Å². The summed E-state index contributed by atoms with van der Waals surface area (Å²) in [4.78, 5) is 72.9. The highest BCUT2D eigenvalue weighted by molar-refractivity contribution is 7.47. The molecular weight excluding hydrogens is 1290 g/mol. The molecule has 0 heterocycles. The zero-order valence-electron chi connectivity index (χ0n) is 64.8. The van der Waals surface area contributed by atoms with Crippen LogP contribution in [0.3, 0.4) is 0 Å². The molecule has 0 saturated heterocycles. The molecule has 0 aliphatic carbocycles. The lowest BCUT2D eigenvalue weighted by molar-refractivity contribution is -0.161. The number of phosphoric acid groups is 2. The molecule has 0 bridgehead atoms. The molecule has 0 aromatic rings. The standard InChI is InChI=1S/C80H156O17P2/c1-7-11-13-15-17-19-21-22-23-26-30-33-36-40-44-51-57-63-78(83)90-68-75(96-79(84)64-58-52-45-41-37-34-31-28-25-24-27-29-32-35-38-42-48-54-60-72(5)9-3)70-94-98(86,87)92-66-74(81)67-93-99(88,89)95-71-76(97-80(85)65-59-53-47-46-49-55-61-73(6)10-4)69-91-77(82)62-56-50-43-39-20-18-16-14-12-8-2/h72-76,81H,7-71H2,1-6H3,(H,86,87)(H,88,89)/t72?,73?,74-,75-,76-/m1/s1. The van der Waals surface area contributed by atoms with Gasteiger partial charge in [0.15, 0.2) is 12.2 Å². The zero-order valence-corrected chi connectivity index (χ0v) is 66.6. The Balaban J connectivity index is 5.19. The molecule has 3 N–H and O–H groups in total. The quantitative estimate of drug-likeness (QED) is 0.0222. The molecule has 0 aliphatic heterocycles. The van der Waals surface area contributed by atoms with Crippen LogP contribution >= 0.6 is 15.6 Å². The van der Waals surface area contributed by atoms with Crippen LogP contribution < -0.4 is 0 Å². The first kappa shape index (κ1) is 97.1. The zero-order chi connectivity index (χ0) is 72.8. The third-order valence-corrected chi connectivity index (χ3v) is 21.3. The van der Waals surface area contributed by atoms with E-state index in [0.717, 1.165) is 102 Å². The summed E-state index contributed by atoms with van der Waals surface area (Å²) in [5.74, 6) is -0.522. The smallest absolute Gasteiger partial charge is 0.462 e. The maximum absolute atomic E-state index is 13.1. The molecule has 0 spiro atoms. The summed E-state index contributed by atoms with van der Waals surface area (Å²) in [6, 6.07) is 0. The van der Waals surface area contributed by atoms with Crippen LogP contribution in [0.15, 0.2) is 0 Å². The molecule has 0 aromatic carbocycles. The Morgan fingerprint density at radius 2 is 0.485 bits per heavy atom. The van der Waals surface area contributed by atoms with Crippen molar-refractivity contribution in [1.29, 1.82) is 0 Å². The lowest BCUT2D eigenvalue weighted by Crippen LogP contribution is -2.30. The summed E-state index contributed by atoms with van der Waals surface area (Å²) >= 11 is 0. The van der Waals surface area contributed by atoms with Crippen molar-refractivity contribution in [3.05, 3.63) is 0 Å². The lowest BCUT2D eigenvalue weighted by atomic mass is 9.99. The number of carbonyl (C=O) groups excluding carboxylic acids is 4. The van der Waals surface area contributed by atoms with Crippen LogP contribution in [-0.4, -0.2) is 96.7 Å². The van der Waals surface area contributed by atoms with Crippen LogP contribution in [0.5, 0.6) is 0 Å². The number of esters is 4. The maximum atomic E-state index is 13.1. The van der Waals surface area contributed by atoms with Crippen molar-refractivity contribution < 1.29 is 80.2 Å². The second-order valence-corrected chi connectivity index (χ2v) is 32.2. The predicted octanol–water partition coefficient (Wildman–Crippen LogP) is 23.9. The Hall–Kier alpha value is -1.94. The van der Waals surface area contributed by atoms with E-state index in [1.54, 1.807) is 0 Å². The number of phosphoric ester groups is 2. The van der Waals surface area contributed by atoms with Crippen LogP contribution in [0.4, 0.5) is 0 Å². The Bertz CT molecular complexity index is 1910. The van der Waals surface area contributed by atoms with Gasteiger partial charge in [-0.15, -0.1) is 0 Å². The first-order valence-corrected chi connectivity index (χ1v) is 44.6. The molecular formula is C80H156O17P2. The van der Waals surface area contributed by atoms with Gasteiger partial charge in [0.25, 0.3) is 0 Å². The van der Waals surface area contributed by atoms with E-state index >= 15 is 0 Å². The van der Waals surface area contributed by atoms with Gasteiger partial charge >= 0.3 is 39.5 Å². The normalized spacial score (nSPS) is 14.5. The van der Waals surface area contributed by atoms with E-state index < -0.39 is 97.5 Å². The Morgan fingerprint density at radius 3 is 0.717 bits per heavy atom. The predicted molar refractivity (Wildman–Crippen MR) is 405 cm³/mol. The van der Waals surface area contributed by atoms with Crippen LogP contribution in [-0.2, 0) is 65.4 Å². The fraction of sp³-hybridized carbons (Fsp3) is 0.950. The van der Waals surface area contributed by atoms with Gasteiger partial charge in [-0.3, -0.25) is 37.3 Å². The Labute approximate surface area is 607 Å². The molecule has 0 amide bonds. The van der Waals surface area contributed by atoms with Crippen LogP contribution in [0.25, 0.3) is 0 Å². The minimum Gasteiger partial charge on any atom is -0.462 e. The molecule has 588 valence electrons. The molecule has 0 radical (unpaired) electrons. The summed E-state index contributed by atoms with van der Waals surface area (Å²) in [5, 5.41) is 10.6. The number of aliphatic hydroxyl groups excluding tert-OH is 1. The van der Waals surface area contributed by atoms with Gasteiger partial charge in [0.2, 0.25) is 0 Å². The van der Waals surface area contributed by atoms with E-state index in [2.05, 4.69) is 41.5 Å². The number of carbonyl (C=O) groups is 4. The minimum atomic E-state index is -4.96. The van der Waals surface area contributed by atoms with Crippen LogP contribution in [0.1, 0.15) is 420 Å². The van der Waals surface area contributed by atoms with E-state index in [4.69, 9.17) is 37.0 Å². The van der Waals surface area contributed by atoms with Crippen LogP contribution in [0.2, 0.25) is 0 Å². The van der Waals surface area contributed by atoms with E-state index in [1.165, 1.54) is 238 Å². The molecule has 0 aliphatic rings. The van der Waals surface area contributed by atoms with E-state index in [-0.39, 0.29) is 25.7 Å². The molecule has 0 rings (SSSR count). The highest BCUT2D eigenvalue weighted by Crippen LogP contribution is 2.45. The number of ether oxygens (including phenoxy) is 4. The van der Waals surface area contributed by atoms with Crippen LogP contribution in [0, 0.1) is 11.8 Å². The van der Waals surface area contributed by atoms with Crippen molar-refractivity contribution in [2.24, 2.45) is 11.8 Å². The van der Waals surface area contributed by atoms with Gasteiger partial charge in [-0.05, 0) is 37.5 Å². The number of hydrogen-bond donors (Lipinski definition) is 3. The number of aliphatic hydroxyl groups is 1. The first-order chi connectivity index (χ1) is 47.9. The Morgan fingerprint density at radius 1 is 0.283 bits per heavy atom. The largest absolute Gasteiger partial charge is 0.472 e. The number of hydrogen-bond acceptors (Lipinski definition) is 15. The maximum Gasteiger partial charge on any atom is 0.472 e. The van der Waals surface area contributed by atoms with Gasteiger partial charge < -0.3 is 33.8 Å². The van der Waals surface area contributed by atoms with Gasteiger partial charge in [-0.1, -0.05) is 369 Å². The van der Waals surface area contributed by atoms with Crippen molar-refractivity contribution in [2.75, 3.05) is 39.6 Å². The van der Waals surface area contributed by atoms with E-state index in [1.807, 2.05) is 0 Å². The molecule has 17 nitrogen and oxygen atoms in total. The third-order valence-electron chi connectivity index (χ3n) is 19.4. The van der Waals surface area contributed by atoms with Gasteiger partial charge in [-0.25, -0.2) is 9.13 Å². The summed E-state index contributed by atoms with van der Waals surface area (Å²) in [7, 11) is -9.91. The highest BCUT2D eigenvalue weighted by atomic mass is 31.2. The van der Waals surface area contributed by atoms with Crippen molar-refractivity contribution in [2.45, 2.75) is 439 Å². The summed E-state index contributed by atoms with van der Waals surface area (Å²) in [6.07, 6.45) is 61.2. The second-order valence-electron chi connectivity index (χ2n) is 29.3. The van der Waals surface area contributed by atoms with Crippen molar-refractivity contribution in [3.8, 4) is 0 Å². The second kappa shape index (κ2) is 71.7. The minimum absolute atomic E-state index is 0.103. The summed E-state index contributed by atoms with van der Waals surface area (Å²) in [5.41, 5.74) is 0. The number of unbranched alkanes of at least 4 members (excludes halogenated alkanes) is 47. The highest BCUT2D eigenvalue weighted by Gasteiger charge is 2.30. The number of rotatable bonds is 79. The molecule has 7 atom stereocenters. The van der Waals surface area contributed by atoms with E-state index in [0.29, 0.717) is 25.7 Å². The monoisotopic (exact) mass is 1450 g/mol. The molecule has 19 heteroatoms. The lowest BCUT2D eigenvalue weighted by Gasteiger charge is -2.21. The fourth-order valence-electron chi connectivity index (χ4n) is 12.3.